The molecule has 0 aromatic heterocycles. The number of nitrogens with one attached hydrogen (secondary N) is 2. The SMILES string of the molecule is CC(C)(C)OC(=O)NC(CNC(=O)c1ccccc1O)C(Cc1ccc([N+](=O)[O-])cc1)OCC1CCCCC1. The Balaban J connectivity index is 1.83. The van der Waals surface area contributed by atoms with Crippen LogP contribution in [-0.2, 0) is 15.9 Å². The minimum absolute atomic E-state index is 0.00866. The van der Waals surface area contributed by atoms with E-state index in [-0.39, 0.29) is 23.5 Å². The number of hydrogen-bond donors (Lipinski definition) is 3. The third kappa shape index (κ3) is 9.86. The first-order valence-electron chi connectivity index (χ1n) is 13.4. The van der Waals surface area contributed by atoms with Crippen molar-refractivity contribution in [3.63, 3.8) is 0 Å². The number of non-ortho nitro benzene ring substituents is 1. The molecule has 10 heteroatoms. The van der Waals surface area contributed by atoms with Gasteiger partial charge in [0.2, 0.25) is 0 Å². The molecule has 0 saturated heterocycles. The number of rotatable bonds is 11. The Kier molecular flexibility index (Phi) is 10.7. The number of ether oxygens (including phenoxy) is 2. The van der Waals surface area contributed by atoms with Crippen LogP contribution in [0.4, 0.5) is 10.5 Å². The molecular formula is C29H39N3O7. The summed E-state index contributed by atoms with van der Waals surface area (Å²) in [6.45, 7) is 5.78. The van der Waals surface area contributed by atoms with Gasteiger partial charge in [0.1, 0.15) is 11.4 Å². The van der Waals surface area contributed by atoms with Crippen LogP contribution in [0.1, 0.15) is 68.8 Å². The second-order valence-electron chi connectivity index (χ2n) is 11.0. The Bertz CT molecular complexity index is 1110. The lowest BCUT2D eigenvalue weighted by Gasteiger charge is -2.32. The Morgan fingerprint density at radius 2 is 1.74 bits per heavy atom. The van der Waals surface area contributed by atoms with Crippen molar-refractivity contribution in [2.24, 2.45) is 5.92 Å². The third-order valence-electron chi connectivity index (χ3n) is 6.64. The van der Waals surface area contributed by atoms with Gasteiger partial charge in [0.05, 0.1) is 22.6 Å². The number of amides is 2. The molecule has 0 heterocycles. The lowest BCUT2D eigenvalue weighted by molar-refractivity contribution is -0.384. The maximum absolute atomic E-state index is 12.9. The Morgan fingerprint density at radius 3 is 2.36 bits per heavy atom. The zero-order valence-corrected chi connectivity index (χ0v) is 22.9. The minimum Gasteiger partial charge on any atom is -0.507 e. The summed E-state index contributed by atoms with van der Waals surface area (Å²) in [6.07, 6.45) is 4.78. The van der Waals surface area contributed by atoms with Gasteiger partial charge in [0, 0.05) is 31.7 Å². The smallest absolute Gasteiger partial charge is 0.408 e. The topological polar surface area (TPSA) is 140 Å². The first-order chi connectivity index (χ1) is 18.5. The molecule has 1 saturated carbocycles. The zero-order valence-electron chi connectivity index (χ0n) is 22.9. The highest BCUT2D eigenvalue weighted by Crippen LogP contribution is 2.25. The largest absolute Gasteiger partial charge is 0.507 e. The van der Waals surface area contributed by atoms with Crippen molar-refractivity contribution < 1.29 is 29.1 Å². The number of hydrogen-bond acceptors (Lipinski definition) is 7. The van der Waals surface area contributed by atoms with Gasteiger partial charge >= 0.3 is 6.09 Å². The number of phenolic OH excluding ortho intramolecular Hbond substituents is 1. The summed E-state index contributed by atoms with van der Waals surface area (Å²) in [5.41, 5.74) is 0.155. The van der Waals surface area contributed by atoms with E-state index in [1.54, 1.807) is 45.0 Å². The van der Waals surface area contributed by atoms with Gasteiger partial charge in [-0.3, -0.25) is 14.9 Å². The average molecular weight is 542 g/mol. The lowest BCUT2D eigenvalue weighted by Crippen LogP contribution is -2.53. The number of para-hydroxylation sites is 1. The van der Waals surface area contributed by atoms with Gasteiger partial charge in [-0.1, -0.05) is 43.5 Å². The van der Waals surface area contributed by atoms with Gasteiger partial charge in [-0.25, -0.2) is 4.79 Å². The van der Waals surface area contributed by atoms with Crippen LogP contribution in [0.2, 0.25) is 0 Å². The number of carbonyl (C=O) groups is 2. The van der Waals surface area contributed by atoms with Gasteiger partial charge in [-0.2, -0.15) is 0 Å². The number of nitro benzene ring substituents is 1. The first-order valence-corrected chi connectivity index (χ1v) is 13.4. The molecule has 2 unspecified atom stereocenters. The highest BCUT2D eigenvalue weighted by molar-refractivity contribution is 5.96. The summed E-state index contributed by atoms with van der Waals surface area (Å²) >= 11 is 0. The van der Waals surface area contributed by atoms with Crippen molar-refractivity contribution in [1.29, 1.82) is 0 Å². The standard InChI is InChI=1S/C29H39N3O7/c1-29(2,3)39-28(35)31-24(18-30-27(34)23-11-7-8-12-25(23)33)26(38-19-21-9-5-4-6-10-21)17-20-13-15-22(16-14-20)32(36)37/h7-8,11-16,21,24,26,33H,4-6,9-10,17-19H2,1-3H3,(H,30,34)(H,31,35). The lowest BCUT2D eigenvalue weighted by atomic mass is 9.90. The molecule has 1 aliphatic rings. The molecule has 0 spiro atoms. The molecule has 1 aliphatic carbocycles. The zero-order chi connectivity index (χ0) is 28.4. The number of aromatic hydroxyl groups is 1. The quantitative estimate of drug-likeness (QED) is 0.265. The van der Waals surface area contributed by atoms with Crippen LogP contribution in [0.5, 0.6) is 5.75 Å². The molecule has 2 aromatic rings. The van der Waals surface area contributed by atoms with Gasteiger partial charge in [0.15, 0.2) is 0 Å². The molecule has 39 heavy (non-hydrogen) atoms. The molecule has 0 radical (unpaired) electrons. The van der Waals surface area contributed by atoms with Crippen molar-refractivity contribution in [2.45, 2.75) is 77.0 Å². The fourth-order valence-corrected chi connectivity index (χ4v) is 4.61. The fraction of sp³-hybridized carbons (Fsp3) is 0.517. The molecule has 212 valence electrons. The molecular weight excluding hydrogens is 502 g/mol. The Morgan fingerprint density at radius 1 is 1.08 bits per heavy atom. The van der Waals surface area contributed by atoms with Crippen LogP contribution in [-0.4, -0.2) is 52.9 Å². The summed E-state index contributed by atoms with van der Waals surface area (Å²) in [6, 6.07) is 11.7. The minimum atomic E-state index is -0.732. The fourth-order valence-electron chi connectivity index (χ4n) is 4.61. The van der Waals surface area contributed by atoms with Crippen LogP contribution in [0.3, 0.4) is 0 Å². The maximum Gasteiger partial charge on any atom is 0.408 e. The number of nitro groups is 1. The number of nitrogens with zero attached hydrogens (tertiary/aromatic N) is 1. The monoisotopic (exact) mass is 541 g/mol. The van der Waals surface area contributed by atoms with Crippen molar-refractivity contribution in [3.8, 4) is 5.75 Å². The van der Waals surface area contributed by atoms with Crippen LogP contribution in [0, 0.1) is 16.0 Å². The van der Waals surface area contributed by atoms with E-state index >= 15 is 0 Å². The predicted molar refractivity (Wildman–Crippen MR) is 147 cm³/mol. The van der Waals surface area contributed by atoms with Crippen molar-refractivity contribution in [2.75, 3.05) is 13.2 Å². The van der Waals surface area contributed by atoms with E-state index in [0.29, 0.717) is 18.9 Å². The van der Waals surface area contributed by atoms with E-state index in [4.69, 9.17) is 9.47 Å². The van der Waals surface area contributed by atoms with Gasteiger partial charge in [-0.05, 0) is 57.2 Å². The van der Waals surface area contributed by atoms with Gasteiger partial charge < -0.3 is 25.2 Å². The van der Waals surface area contributed by atoms with E-state index in [1.165, 1.54) is 30.7 Å². The first kappa shape index (κ1) is 29.9. The van der Waals surface area contributed by atoms with Crippen molar-refractivity contribution in [1.82, 2.24) is 10.6 Å². The molecule has 2 atom stereocenters. The van der Waals surface area contributed by atoms with E-state index < -0.39 is 34.7 Å². The van der Waals surface area contributed by atoms with E-state index in [2.05, 4.69) is 10.6 Å². The van der Waals surface area contributed by atoms with Crippen LogP contribution < -0.4 is 10.6 Å². The number of alkyl carbamates (subject to hydrolysis) is 1. The molecule has 3 N–H and O–H groups in total. The van der Waals surface area contributed by atoms with Crippen LogP contribution >= 0.6 is 0 Å². The summed E-state index contributed by atoms with van der Waals surface area (Å²) < 4.78 is 11.9. The molecule has 0 aliphatic heterocycles. The van der Waals surface area contributed by atoms with E-state index in [0.717, 1.165) is 31.2 Å². The molecule has 2 amide bonds. The highest BCUT2D eigenvalue weighted by atomic mass is 16.6. The van der Waals surface area contributed by atoms with Gasteiger partial charge in [0.25, 0.3) is 11.6 Å². The number of benzene rings is 2. The summed E-state index contributed by atoms with van der Waals surface area (Å²) in [5.74, 6) is -0.246. The molecule has 10 nitrogen and oxygen atoms in total. The van der Waals surface area contributed by atoms with E-state index in [9.17, 15) is 24.8 Å². The van der Waals surface area contributed by atoms with Crippen molar-refractivity contribution in [3.05, 3.63) is 69.8 Å². The normalized spacial score (nSPS) is 15.7. The van der Waals surface area contributed by atoms with Crippen LogP contribution in [0.15, 0.2) is 48.5 Å². The Labute approximate surface area is 229 Å². The second-order valence-corrected chi connectivity index (χ2v) is 11.0. The number of phenols is 1. The highest BCUT2D eigenvalue weighted by Gasteiger charge is 2.29. The molecule has 1 fully saturated rings. The number of carbonyl (C=O) groups excluding carboxylic acids is 2. The summed E-state index contributed by atoms with van der Waals surface area (Å²) in [5, 5.41) is 26.9. The molecule has 2 aromatic carbocycles. The second kappa shape index (κ2) is 13.9. The van der Waals surface area contributed by atoms with Gasteiger partial charge in [-0.15, -0.1) is 0 Å². The maximum atomic E-state index is 12.9. The molecule has 3 rings (SSSR count). The van der Waals surface area contributed by atoms with Crippen molar-refractivity contribution >= 4 is 17.7 Å². The predicted octanol–water partition coefficient (Wildman–Crippen LogP) is 5.13. The Hall–Kier alpha value is -3.66. The summed E-state index contributed by atoms with van der Waals surface area (Å²) in [7, 11) is 0. The van der Waals surface area contributed by atoms with Crippen LogP contribution in [0.25, 0.3) is 0 Å². The summed E-state index contributed by atoms with van der Waals surface area (Å²) in [4.78, 5) is 36.3. The molecule has 0 bridgehead atoms. The third-order valence-corrected chi connectivity index (χ3v) is 6.64. The average Bonchev–Trinajstić information content (AvgIpc) is 2.89. The van der Waals surface area contributed by atoms with E-state index in [1.807, 2.05) is 0 Å².